The van der Waals surface area contributed by atoms with Gasteiger partial charge in [-0.3, -0.25) is 4.90 Å². The lowest BCUT2D eigenvalue weighted by Gasteiger charge is -2.39. The number of nitrogens with zero attached hydrogens (tertiary/aromatic N) is 1. The molecule has 2 atom stereocenters. The van der Waals surface area contributed by atoms with Crippen LogP contribution >= 0.6 is 0 Å². The van der Waals surface area contributed by atoms with Gasteiger partial charge < -0.3 is 10.5 Å². The molecule has 4 rings (SSSR count). The van der Waals surface area contributed by atoms with Crippen molar-refractivity contribution in [1.29, 1.82) is 0 Å². The predicted octanol–water partition coefficient (Wildman–Crippen LogP) is 5.02. The van der Waals surface area contributed by atoms with Crippen LogP contribution in [0, 0.1) is 13.8 Å². The van der Waals surface area contributed by atoms with Gasteiger partial charge in [0.1, 0.15) is 11.4 Å². The van der Waals surface area contributed by atoms with Crippen molar-refractivity contribution in [2.75, 3.05) is 25.4 Å². The number of hydrogen-bond acceptors (Lipinski definition) is 3. The molecule has 0 radical (unpaired) electrons. The maximum Gasteiger partial charge on any atom is 0.127 e. The highest BCUT2D eigenvalue weighted by Crippen LogP contribution is 2.48. The normalized spacial score (nSPS) is 26.0. The fraction of sp³-hybridized carbons (Fsp3) is 0.500. The molecule has 0 spiro atoms. The first-order valence-electron chi connectivity index (χ1n) is 10.2. The van der Waals surface area contributed by atoms with Crippen molar-refractivity contribution in [2.24, 2.45) is 0 Å². The second kappa shape index (κ2) is 6.87. The highest BCUT2D eigenvalue weighted by molar-refractivity contribution is 5.62. The van der Waals surface area contributed by atoms with Crippen molar-refractivity contribution in [3.8, 4) is 5.75 Å². The van der Waals surface area contributed by atoms with Crippen molar-refractivity contribution in [3.63, 3.8) is 0 Å². The first kappa shape index (κ1) is 18.4. The molecule has 2 aromatic carbocycles. The number of ether oxygens (including phenoxy) is 1. The van der Waals surface area contributed by atoms with Crippen molar-refractivity contribution >= 4 is 5.69 Å². The Morgan fingerprint density at radius 3 is 2.44 bits per heavy atom. The third-order valence-electron chi connectivity index (χ3n) is 7.02. The largest absolute Gasteiger partial charge is 0.485 e. The summed E-state index contributed by atoms with van der Waals surface area (Å²) >= 11 is 0. The van der Waals surface area contributed by atoms with Crippen LogP contribution in [-0.4, -0.2) is 30.1 Å². The Balaban J connectivity index is 1.45. The van der Waals surface area contributed by atoms with Crippen LogP contribution in [0.3, 0.4) is 0 Å². The van der Waals surface area contributed by atoms with E-state index in [1.165, 1.54) is 29.5 Å². The van der Waals surface area contributed by atoms with Crippen molar-refractivity contribution in [1.82, 2.24) is 4.90 Å². The number of rotatable bonds is 3. The Kier molecular flexibility index (Phi) is 4.67. The quantitative estimate of drug-likeness (QED) is 0.777. The molecule has 2 aliphatic rings. The fourth-order valence-electron chi connectivity index (χ4n) is 4.82. The number of anilines is 1. The first-order chi connectivity index (χ1) is 12.9. The van der Waals surface area contributed by atoms with E-state index in [0.717, 1.165) is 36.6 Å². The van der Waals surface area contributed by atoms with Crippen LogP contribution in [0.1, 0.15) is 60.8 Å². The summed E-state index contributed by atoms with van der Waals surface area (Å²) in [4.78, 5) is 2.59. The molecule has 144 valence electrons. The SMILES string of the molecule is Cc1c(N)cc2c(c1C)O[C@](C)(CN1CCC(c3ccccc3)CC1)C2C. The Morgan fingerprint density at radius 2 is 1.78 bits per heavy atom. The average Bonchev–Trinajstić information content (AvgIpc) is 2.92. The summed E-state index contributed by atoms with van der Waals surface area (Å²) < 4.78 is 6.59. The van der Waals surface area contributed by atoms with Gasteiger partial charge in [0.15, 0.2) is 0 Å². The van der Waals surface area contributed by atoms with Gasteiger partial charge >= 0.3 is 0 Å². The van der Waals surface area contributed by atoms with E-state index in [1.54, 1.807) is 0 Å². The van der Waals surface area contributed by atoms with Crippen LogP contribution < -0.4 is 10.5 Å². The van der Waals surface area contributed by atoms with Gasteiger partial charge in [0.25, 0.3) is 0 Å². The molecule has 2 heterocycles. The Bertz CT molecular complexity index is 824. The van der Waals surface area contributed by atoms with Gasteiger partial charge in [-0.1, -0.05) is 37.3 Å². The summed E-state index contributed by atoms with van der Waals surface area (Å²) in [6, 6.07) is 13.1. The van der Waals surface area contributed by atoms with Crippen LogP contribution in [0.2, 0.25) is 0 Å². The third kappa shape index (κ3) is 3.23. The molecule has 1 saturated heterocycles. The fourth-order valence-corrected chi connectivity index (χ4v) is 4.82. The van der Waals surface area contributed by atoms with Crippen molar-refractivity contribution < 1.29 is 4.74 Å². The minimum absolute atomic E-state index is 0.188. The summed E-state index contributed by atoms with van der Waals surface area (Å²) in [6.45, 7) is 12.0. The molecule has 2 aromatic rings. The number of nitrogen functional groups attached to an aromatic ring is 1. The minimum Gasteiger partial charge on any atom is -0.485 e. The van der Waals surface area contributed by atoms with Gasteiger partial charge in [0.05, 0.1) is 0 Å². The number of fused-ring (bicyclic) bond motifs is 1. The van der Waals surface area contributed by atoms with Gasteiger partial charge in [-0.25, -0.2) is 0 Å². The zero-order chi connectivity index (χ0) is 19.2. The predicted molar refractivity (Wildman–Crippen MR) is 113 cm³/mol. The van der Waals surface area contributed by atoms with Crippen LogP contribution in [0.15, 0.2) is 36.4 Å². The summed E-state index contributed by atoms with van der Waals surface area (Å²) in [5.74, 6) is 2.11. The molecule has 0 saturated carbocycles. The van der Waals surface area contributed by atoms with Crippen LogP contribution in [0.4, 0.5) is 5.69 Å². The number of piperidine rings is 1. The standard InChI is InChI=1S/C24H32N2O/c1-16-17(2)23-21(14-22(16)25)18(3)24(4,27-23)15-26-12-10-20(11-13-26)19-8-6-5-7-9-19/h5-9,14,18,20H,10-13,15,25H2,1-4H3/t18?,24-/m1/s1. The lowest BCUT2D eigenvalue weighted by atomic mass is 9.84. The smallest absolute Gasteiger partial charge is 0.127 e. The molecule has 0 aliphatic carbocycles. The monoisotopic (exact) mass is 364 g/mol. The molecule has 0 bridgehead atoms. The van der Waals surface area contributed by atoms with Crippen LogP contribution in [0.5, 0.6) is 5.75 Å². The second-order valence-corrected chi connectivity index (χ2v) is 8.73. The van der Waals surface area contributed by atoms with Crippen LogP contribution in [0.25, 0.3) is 0 Å². The van der Waals surface area contributed by atoms with E-state index in [0.29, 0.717) is 11.8 Å². The van der Waals surface area contributed by atoms with E-state index < -0.39 is 0 Å². The second-order valence-electron chi connectivity index (χ2n) is 8.73. The average molecular weight is 365 g/mol. The van der Waals surface area contributed by atoms with E-state index in [1.807, 2.05) is 0 Å². The molecule has 3 heteroatoms. The van der Waals surface area contributed by atoms with Crippen molar-refractivity contribution in [2.45, 2.75) is 58.0 Å². The molecule has 2 N–H and O–H groups in total. The van der Waals surface area contributed by atoms with Gasteiger partial charge in [-0.2, -0.15) is 0 Å². The molecular weight excluding hydrogens is 332 g/mol. The van der Waals surface area contributed by atoms with Gasteiger partial charge in [0, 0.05) is 23.7 Å². The minimum atomic E-state index is -0.188. The molecule has 1 fully saturated rings. The third-order valence-corrected chi connectivity index (χ3v) is 7.02. The number of nitrogens with two attached hydrogens (primary N) is 1. The molecule has 2 aliphatic heterocycles. The zero-order valence-corrected chi connectivity index (χ0v) is 17.1. The molecule has 1 unspecified atom stereocenters. The first-order valence-corrected chi connectivity index (χ1v) is 10.2. The number of hydrogen-bond donors (Lipinski definition) is 1. The molecule has 3 nitrogen and oxygen atoms in total. The van der Waals surface area contributed by atoms with Crippen molar-refractivity contribution in [3.05, 3.63) is 58.7 Å². The van der Waals surface area contributed by atoms with Gasteiger partial charge in [-0.05, 0) is 75.4 Å². The molecule has 0 amide bonds. The Morgan fingerprint density at radius 1 is 1.11 bits per heavy atom. The summed E-state index contributed by atoms with van der Waals surface area (Å²) in [5.41, 5.74) is 12.0. The molecule has 27 heavy (non-hydrogen) atoms. The Labute approximate surface area is 163 Å². The zero-order valence-electron chi connectivity index (χ0n) is 17.1. The molecular formula is C24H32N2O. The summed E-state index contributed by atoms with van der Waals surface area (Å²) in [5, 5.41) is 0. The lowest BCUT2D eigenvalue weighted by Crippen LogP contribution is -2.48. The lowest BCUT2D eigenvalue weighted by molar-refractivity contribution is 0.0368. The summed E-state index contributed by atoms with van der Waals surface area (Å²) in [7, 11) is 0. The summed E-state index contributed by atoms with van der Waals surface area (Å²) in [6.07, 6.45) is 2.46. The van der Waals surface area contributed by atoms with E-state index in [9.17, 15) is 0 Å². The van der Waals surface area contributed by atoms with Gasteiger partial charge in [0.2, 0.25) is 0 Å². The highest BCUT2D eigenvalue weighted by Gasteiger charge is 2.44. The molecule has 0 aromatic heterocycles. The van der Waals surface area contributed by atoms with E-state index >= 15 is 0 Å². The number of benzene rings is 2. The highest BCUT2D eigenvalue weighted by atomic mass is 16.5. The van der Waals surface area contributed by atoms with E-state index in [4.69, 9.17) is 10.5 Å². The maximum absolute atomic E-state index is 6.59. The van der Waals surface area contributed by atoms with Crippen LogP contribution in [-0.2, 0) is 0 Å². The van der Waals surface area contributed by atoms with Gasteiger partial charge in [-0.15, -0.1) is 0 Å². The van der Waals surface area contributed by atoms with E-state index in [2.05, 4.69) is 69.0 Å². The number of likely N-dealkylation sites (tertiary alicyclic amines) is 1. The Hall–Kier alpha value is -2.00. The maximum atomic E-state index is 6.59. The van der Waals surface area contributed by atoms with E-state index in [-0.39, 0.29) is 5.60 Å². The topological polar surface area (TPSA) is 38.5 Å².